The molecule has 0 rings (SSSR count). The van der Waals surface area contributed by atoms with Gasteiger partial charge in [0, 0.05) is 12.8 Å². The number of carbonyl (C=O) groups excluding carboxylic acids is 2. The van der Waals surface area contributed by atoms with Crippen molar-refractivity contribution in [3.05, 3.63) is 24.3 Å². The molecule has 0 spiro atoms. The van der Waals surface area contributed by atoms with E-state index in [1.54, 1.807) is 6.92 Å². The van der Waals surface area contributed by atoms with E-state index in [-0.39, 0.29) is 26.1 Å². The minimum atomic E-state index is -4.58. The minimum absolute atomic E-state index is 0.0353. The first-order chi connectivity index (χ1) is 18.5. The molecular weight excluding hydrogens is 521 g/mol. The zero-order valence-electron chi connectivity index (χ0n) is 25.1. The van der Waals surface area contributed by atoms with Crippen molar-refractivity contribution in [3.63, 3.8) is 0 Å². The number of phosphoric acid groups is 1. The van der Waals surface area contributed by atoms with E-state index in [0.717, 1.165) is 38.5 Å². The maximum absolute atomic E-state index is 12.3. The number of phosphoric ester groups is 1. The number of hydrogen-bond acceptors (Lipinski definition) is 8. The molecule has 0 aliphatic carbocycles. The second-order valence-corrected chi connectivity index (χ2v) is 12.1. The molecular formula is C29H54NO8P. The largest absolute Gasteiger partial charge is 0.756 e. The standard InChI is InChI=1S/C29H54NO8P/c1-6-8-9-10-11-12-13-14-15-16-17-18-19-20-21-22-29(32)38-27(25-35-28(31)7-2)26-37-39(33,34)36-24-23-30(3,4)5/h11-12,14-15,27H,6-10,13,16-26H2,1-5H3/b12-11-,15-14-. The van der Waals surface area contributed by atoms with Crippen molar-refractivity contribution < 1.29 is 42.1 Å². The Balaban J connectivity index is 4.20. The molecule has 0 fully saturated rings. The molecule has 0 radical (unpaired) electrons. The molecule has 0 amide bonds. The molecule has 0 aliphatic heterocycles. The summed E-state index contributed by atoms with van der Waals surface area (Å²) in [5, 5.41) is 0. The zero-order valence-corrected chi connectivity index (χ0v) is 26.0. The summed E-state index contributed by atoms with van der Waals surface area (Å²) < 4.78 is 32.7. The number of ether oxygens (including phenoxy) is 2. The number of carbonyl (C=O) groups is 2. The lowest BCUT2D eigenvalue weighted by molar-refractivity contribution is -0.870. The van der Waals surface area contributed by atoms with Crippen LogP contribution >= 0.6 is 7.82 Å². The predicted molar refractivity (Wildman–Crippen MR) is 153 cm³/mol. The summed E-state index contributed by atoms with van der Waals surface area (Å²) in [6.45, 7) is 3.53. The van der Waals surface area contributed by atoms with E-state index in [2.05, 4.69) is 31.2 Å². The summed E-state index contributed by atoms with van der Waals surface area (Å²) in [6, 6.07) is 0. The van der Waals surface area contributed by atoms with Crippen molar-refractivity contribution in [2.75, 3.05) is 47.5 Å². The van der Waals surface area contributed by atoms with E-state index in [4.69, 9.17) is 18.5 Å². The van der Waals surface area contributed by atoms with Crippen LogP contribution in [-0.2, 0) is 32.7 Å². The Morgan fingerprint density at radius 2 is 1.44 bits per heavy atom. The van der Waals surface area contributed by atoms with Gasteiger partial charge in [0.05, 0.1) is 27.7 Å². The third kappa shape index (κ3) is 26.5. The summed E-state index contributed by atoms with van der Waals surface area (Å²) in [5.74, 6) is -0.956. The van der Waals surface area contributed by atoms with Crippen molar-refractivity contribution >= 4 is 19.8 Å². The number of unbranched alkanes of at least 4 members (excludes halogenated alkanes) is 8. The highest BCUT2D eigenvalue weighted by Gasteiger charge is 2.21. The van der Waals surface area contributed by atoms with Gasteiger partial charge in [-0.2, -0.15) is 0 Å². The minimum Gasteiger partial charge on any atom is -0.756 e. The Hall–Kier alpha value is -1.51. The highest BCUT2D eigenvalue weighted by molar-refractivity contribution is 7.45. The third-order valence-corrected chi connectivity index (χ3v) is 6.74. The third-order valence-electron chi connectivity index (χ3n) is 5.78. The quantitative estimate of drug-likeness (QED) is 0.0437. The number of likely N-dealkylation sites (N-methyl/N-ethyl adjacent to an activating group) is 1. The maximum Gasteiger partial charge on any atom is 0.306 e. The Bertz CT molecular complexity index is 748. The van der Waals surface area contributed by atoms with Crippen molar-refractivity contribution in [1.29, 1.82) is 0 Å². The molecule has 0 saturated heterocycles. The molecule has 0 heterocycles. The Morgan fingerprint density at radius 3 is 2.05 bits per heavy atom. The van der Waals surface area contributed by atoms with Crippen LogP contribution in [0.1, 0.15) is 97.3 Å². The maximum atomic E-state index is 12.3. The van der Waals surface area contributed by atoms with E-state index in [0.29, 0.717) is 17.4 Å². The number of hydrogen-bond donors (Lipinski definition) is 0. The monoisotopic (exact) mass is 575 g/mol. The van der Waals surface area contributed by atoms with Gasteiger partial charge >= 0.3 is 11.9 Å². The topological polar surface area (TPSA) is 111 Å². The van der Waals surface area contributed by atoms with Crippen LogP contribution in [0, 0.1) is 0 Å². The SMILES string of the molecule is CCCCC/C=C\C/C=C\CCCCCCCC(=O)OC(COC(=O)CC)COP(=O)([O-])OCC[N+](C)(C)C. The van der Waals surface area contributed by atoms with Crippen molar-refractivity contribution in [2.24, 2.45) is 0 Å². The molecule has 39 heavy (non-hydrogen) atoms. The van der Waals surface area contributed by atoms with Gasteiger partial charge in [-0.3, -0.25) is 14.2 Å². The van der Waals surface area contributed by atoms with Gasteiger partial charge < -0.3 is 27.9 Å². The lowest BCUT2D eigenvalue weighted by atomic mass is 10.1. The summed E-state index contributed by atoms with van der Waals surface area (Å²) in [4.78, 5) is 35.9. The first kappa shape index (κ1) is 37.5. The smallest absolute Gasteiger partial charge is 0.306 e. The molecule has 0 aromatic heterocycles. The highest BCUT2D eigenvalue weighted by atomic mass is 31.2. The Labute approximate surface area is 237 Å². The average Bonchev–Trinajstić information content (AvgIpc) is 2.86. The molecule has 0 aliphatic rings. The van der Waals surface area contributed by atoms with E-state index in [1.165, 1.54) is 25.7 Å². The summed E-state index contributed by atoms with van der Waals surface area (Å²) in [6.07, 6.45) is 20.2. The van der Waals surface area contributed by atoms with Gasteiger partial charge in [0.15, 0.2) is 6.10 Å². The molecule has 228 valence electrons. The van der Waals surface area contributed by atoms with Gasteiger partial charge in [-0.15, -0.1) is 0 Å². The number of rotatable bonds is 25. The van der Waals surface area contributed by atoms with Crippen LogP contribution in [0.2, 0.25) is 0 Å². The second kappa shape index (κ2) is 23.2. The van der Waals surface area contributed by atoms with Gasteiger partial charge in [-0.05, 0) is 38.5 Å². The fraction of sp³-hybridized carbons (Fsp3) is 0.793. The Morgan fingerprint density at radius 1 is 0.821 bits per heavy atom. The van der Waals surface area contributed by atoms with Crippen LogP contribution in [0.3, 0.4) is 0 Å². The van der Waals surface area contributed by atoms with Crippen LogP contribution in [0.4, 0.5) is 0 Å². The number of quaternary nitrogens is 1. The first-order valence-corrected chi connectivity index (χ1v) is 16.0. The van der Waals surface area contributed by atoms with Gasteiger partial charge in [0.1, 0.15) is 19.8 Å². The Kier molecular flexibility index (Phi) is 22.3. The summed E-state index contributed by atoms with van der Waals surface area (Å²) in [5.41, 5.74) is 0. The summed E-state index contributed by atoms with van der Waals surface area (Å²) >= 11 is 0. The van der Waals surface area contributed by atoms with Crippen molar-refractivity contribution in [1.82, 2.24) is 0 Å². The van der Waals surface area contributed by atoms with E-state index in [9.17, 15) is 19.0 Å². The van der Waals surface area contributed by atoms with Crippen LogP contribution in [0.5, 0.6) is 0 Å². The molecule has 2 atom stereocenters. The van der Waals surface area contributed by atoms with Crippen LogP contribution in [0.15, 0.2) is 24.3 Å². The normalized spacial score (nSPS) is 14.5. The van der Waals surface area contributed by atoms with Crippen LogP contribution < -0.4 is 4.89 Å². The fourth-order valence-electron chi connectivity index (χ4n) is 3.37. The van der Waals surface area contributed by atoms with E-state index >= 15 is 0 Å². The van der Waals surface area contributed by atoms with Crippen molar-refractivity contribution in [3.8, 4) is 0 Å². The van der Waals surface area contributed by atoms with E-state index in [1.807, 2.05) is 21.1 Å². The van der Waals surface area contributed by atoms with Crippen molar-refractivity contribution in [2.45, 2.75) is 103 Å². The molecule has 0 aromatic rings. The molecule has 0 saturated carbocycles. The molecule has 10 heteroatoms. The lowest BCUT2D eigenvalue weighted by Crippen LogP contribution is -2.37. The van der Waals surface area contributed by atoms with Gasteiger partial charge in [0.25, 0.3) is 7.82 Å². The molecule has 9 nitrogen and oxygen atoms in total. The number of nitrogens with zero attached hydrogens (tertiary/aromatic N) is 1. The first-order valence-electron chi connectivity index (χ1n) is 14.5. The van der Waals surface area contributed by atoms with Gasteiger partial charge in [-0.1, -0.05) is 70.3 Å². The van der Waals surface area contributed by atoms with Crippen LogP contribution in [-0.4, -0.2) is 70.0 Å². The number of allylic oxidation sites excluding steroid dienone is 4. The highest BCUT2D eigenvalue weighted by Crippen LogP contribution is 2.38. The fourth-order valence-corrected chi connectivity index (χ4v) is 4.10. The van der Waals surface area contributed by atoms with Gasteiger partial charge in [-0.25, -0.2) is 0 Å². The lowest BCUT2D eigenvalue weighted by Gasteiger charge is -2.28. The summed E-state index contributed by atoms with van der Waals surface area (Å²) in [7, 11) is 1.14. The zero-order chi connectivity index (χ0) is 29.4. The van der Waals surface area contributed by atoms with Gasteiger partial charge in [0.2, 0.25) is 0 Å². The molecule has 0 N–H and O–H groups in total. The molecule has 0 bridgehead atoms. The van der Waals surface area contributed by atoms with E-state index < -0.39 is 32.5 Å². The number of esters is 2. The predicted octanol–water partition coefficient (Wildman–Crippen LogP) is 5.87. The average molecular weight is 576 g/mol. The van der Waals surface area contributed by atoms with Crippen LogP contribution in [0.25, 0.3) is 0 Å². The second-order valence-electron chi connectivity index (χ2n) is 10.7. The molecule has 0 aromatic carbocycles. The molecule has 2 unspecified atom stereocenters.